The van der Waals surface area contributed by atoms with Crippen LogP contribution in [0.25, 0.3) is 10.1 Å². The van der Waals surface area contributed by atoms with E-state index in [2.05, 4.69) is 4.72 Å². The van der Waals surface area contributed by atoms with Gasteiger partial charge in [-0.25, -0.2) is 17.5 Å². The summed E-state index contributed by atoms with van der Waals surface area (Å²) in [4.78, 5) is 0. The van der Waals surface area contributed by atoms with E-state index in [9.17, 15) is 12.8 Å². The van der Waals surface area contributed by atoms with Crippen molar-refractivity contribution in [2.75, 3.05) is 0 Å². The van der Waals surface area contributed by atoms with E-state index in [1.165, 1.54) is 6.07 Å². The van der Waals surface area contributed by atoms with Crippen LogP contribution in [0.15, 0.2) is 22.4 Å². The first-order valence-corrected chi connectivity index (χ1v) is 8.34. The molecule has 0 spiro atoms. The van der Waals surface area contributed by atoms with Crippen LogP contribution >= 0.6 is 11.3 Å². The molecule has 1 heterocycles. The van der Waals surface area contributed by atoms with Crippen molar-refractivity contribution in [3.63, 3.8) is 0 Å². The molecule has 2 aromatic rings. The van der Waals surface area contributed by atoms with Gasteiger partial charge in [0.15, 0.2) is 0 Å². The van der Waals surface area contributed by atoms with E-state index in [-0.39, 0.29) is 15.6 Å². The highest BCUT2D eigenvalue weighted by Gasteiger charge is 2.42. The van der Waals surface area contributed by atoms with E-state index in [4.69, 9.17) is 0 Å². The van der Waals surface area contributed by atoms with Gasteiger partial charge < -0.3 is 0 Å². The molecule has 0 amide bonds. The first-order chi connectivity index (χ1) is 8.82. The number of nitrogens with one attached hydrogen (secondary N) is 1. The quantitative estimate of drug-likeness (QED) is 0.946. The Labute approximate surface area is 115 Å². The number of halogens is 1. The first kappa shape index (κ1) is 13.0. The summed E-state index contributed by atoms with van der Waals surface area (Å²) in [7, 11) is -3.56. The van der Waals surface area contributed by atoms with Gasteiger partial charge in [0.05, 0.1) is 0 Å². The third-order valence-corrected chi connectivity index (χ3v) is 7.00. The molecule has 3 nitrogen and oxygen atoms in total. The van der Waals surface area contributed by atoms with Crippen molar-refractivity contribution < 1.29 is 12.8 Å². The van der Waals surface area contributed by atoms with Crippen molar-refractivity contribution in [3.05, 3.63) is 29.6 Å². The number of thiophene rings is 1. The molecular weight excluding hydrogens is 285 g/mol. The van der Waals surface area contributed by atoms with Gasteiger partial charge in [0.25, 0.3) is 10.0 Å². The summed E-state index contributed by atoms with van der Waals surface area (Å²) >= 11 is 1.12. The van der Waals surface area contributed by atoms with Gasteiger partial charge in [0.2, 0.25) is 0 Å². The number of hydrogen-bond donors (Lipinski definition) is 1. The second kappa shape index (κ2) is 4.01. The third-order valence-electron chi connectivity index (χ3n) is 3.48. The van der Waals surface area contributed by atoms with Crippen LogP contribution in [0.2, 0.25) is 0 Å². The Balaban J connectivity index is 2.15. The van der Waals surface area contributed by atoms with Crippen LogP contribution in [0, 0.1) is 12.7 Å². The Bertz CT molecular complexity index is 760. The van der Waals surface area contributed by atoms with Gasteiger partial charge in [-0.05, 0) is 44.4 Å². The molecule has 1 saturated carbocycles. The van der Waals surface area contributed by atoms with Crippen molar-refractivity contribution >= 4 is 31.4 Å². The number of sulfonamides is 1. The van der Waals surface area contributed by atoms with Gasteiger partial charge in [0.1, 0.15) is 10.0 Å². The van der Waals surface area contributed by atoms with Gasteiger partial charge in [-0.1, -0.05) is 6.07 Å². The lowest BCUT2D eigenvalue weighted by Crippen LogP contribution is -2.34. The minimum atomic E-state index is -3.56. The summed E-state index contributed by atoms with van der Waals surface area (Å²) in [5.74, 6) is -0.370. The maximum absolute atomic E-state index is 13.8. The SMILES string of the molecule is Cc1c(S(=O)(=O)NC2(C)CC2)sc2cccc(F)c12. The number of aryl methyl sites for hydroxylation is 1. The van der Waals surface area contributed by atoms with Crippen molar-refractivity contribution in [1.29, 1.82) is 0 Å². The number of rotatable bonds is 3. The zero-order valence-electron chi connectivity index (χ0n) is 10.7. The summed E-state index contributed by atoms with van der Waals surface area (Å²) in [5, 5.41) is 0.411. The molecule has 0 atom stereocenters. The Morgan fingerprint density at radius 3 is 2.63 bits per heavy atom. The maximum atomic E-state index is 13.8. The van der Waals surface area contributed by atoms with Crippen LogP contribution < -0.4 is 4.72 Å². The normalized spacial score (nSPS) is 17.8. The zero-order chi connectivity index (χ0) is 13.8. The highest BCUT2D eigenvalue weighted by molar-refractivity contribution is 7.91. The minimum absolute atomic E-state index is 0.223. The molecule has 1 fully saturated rings. The molecule has 0 aliphatic heterocycles. The average molecular weight is 299 g/mol. The van der Waals surface area contributed by atoms with E-state index in [1.54, 1.807) is 19.1 Å². The highest BCUT2D eigenvalue weighted by atomic mass is 32.2. The van der Waals surface area contributed by atoms with Crippen molar-refractivity contribution in [2.45, 2.75) is 36.4 Å². The number of hydrogen-bond acceptors (Lipinski definition) is 3. The molecular formula is C13H14FNO2S2. The van der Waals surface area contributed by atoms with Gasteiger partial charge in [0, 0.05) is 15.6 Å². The first-order valence-electron chi connectivity index (χ1n) is 6.04. The smallest absolute Gasteiger partial charge is 0.206 e. The summed E-state index contributed by atoms with van der Waals surface area (Å²) in [6.45, 7) is 3.54. The molecule has 6 heteroatoms. The van der Waals surface area contributed by atoms with Crippen LogP contribution in [0.4, 0.5) is 4.39 Å². The molecule has 0 radical (unpaired) electrons. The Morgan fingerprint density at radius 2 is 2.05 bits per heavy atom. The summed E-state index contributed by atoms with van der Waals surface area (Å²) in [5.41, 5.74) is 0.176. The summed E-state index contributed by atoms with van der Waals surface area (Å²) in [6, 6.07) is 4.70. The van der Waals surface area contributed by atoms with Crippen molar-refractivity contribution in [2.24, 2.45) is 0 Å². The summed E-state index contributed by atoms with van der Waals surface area (Å²) in [6.07, 6.45) is 1.70. The lowest BCUT2D eigenvalue weighted by molar-refractivity contribution is 0.559. The number of fused-ring (bicyclic) bond motifs is 1. The lowest BCUT2D eigenvalue weighted by Gasteiger charge is -2.11. The second-order valence-electron chi connectivity index (χ2n) is 5.29. The van der Waals surface area contributed by atoms with Crippen LogP contribution in [0.5, 0.6) is 0 Å². The minimum Gasteiger partial charge on any atom is -0.206 e. The molecule has 1 aromatic carbocycles. The molecule has 0 saturated heterocycles. The maximum Gasteiger partial charge on any atom is 0.250 e. The molecule has 1 aromatic heterocycles. The fourth-order valence-corrected chi connectivity index (χ4v) is 5.39. The van der Waals surface area contributed by atoms with Gasteiger partial charge >= 0.3 is 0 Å². The summed E-state index contributed by atoms with van der Waals surface area (Å²) < 4.78 is 42.1. The predicted octanol–water partition coefficient (Wildman–Crippen LogP) is 3.18. The van der Waals surface area contributed by atoms with E-state index in [1.807, 2.05) is 6.92 Å². The van der Waals surface area contributed by atoms with Crippen LogP contribution in [-0.4, -0.2) is 14.0 Å². The molecule has 3 rings (SSSR count). The van der Waals surface area contributed by atoms with Crippen LogP contribution in [-0.2, 0) is 10.0 Å². The highest BCUT2D eigenvalue weighted by Crippen LogP contribution is 2.39. The number of benzene rings is 1. The molecule has 1 aliphatic rings. The lowest BCUT2D eigenvalue weighted by atomic mass is 10.2. The molecule has 19 heavy (non-hydrogen) atoms. The molecule has 0 unspecified atom stereocenters. The Kier molecular flexibility index (Phi) is 2.75. The van der Waals surface area contributed by atoms with Crippen LogP contribution in [0.3, 0.4) is 0 Å². The third kappa shape index (κ3) is 2.17. The average Bonchev–Trinajstić information content (AvgIpc) is 2.89. The fourth-order valence-electron chi connectivity index (χ4n) is 2.15. The van der Waals surface area contributed by atoms with Crippen LogP contribution in [0.1, 0.15) is 25.3 Å². The van der Waals surface area contributed by atoms with E-state index in [0.717, 1.165) is 24.2 Å². The molecule has 1 aliphatic carbocycles. The standard InChI is InChI=1S/C13H14FNO2S2/c1-8-11-9(14)4-3-5-10(11)18-12(8)19(16,17)15-13(2)6-7-13/h3-5,15H,6-7H2,1-2H3. The van der Waals surface area contributed by atoms with E-state index < -0.39 is 10.0 Å². The monoisotopic (exact) mass is 299 g/mol. The molecule has 1 N–H and O–H groups in total. The topological polar surface area (TPSA) is 46.2 Å². The second-order valence-corrected chi connectivity index (χ2v) is 8.22. The molecule has 102 valence electrons. The Hall–Kier alpha value is -0.980. The predicted molar refractivity (Wildman–Crippen MR) is 74.5 cm³/mol. The fraction of sp³-hybridized carbons (Fsp3) is 0.385. The molecule has 0 bridgehead atoms. The van der Waals surface area contributed by atoms with Crippen molar-refractivity contribution in [3.8, 4) is 0 Å². The largest absolute Gasteiger partial charge is 0.250 e. The van der Waals surface area contributed by atoms with Crippen molar-refractivity contribution in [1.82, 2.24) is 4.72 Å². The van der Waals surface area contributed by atoms with Gasteiger partial charge in [-0.2, -0.15) is 0 Å². The van der Waals surface area contributed by atoms with Gasteiger partial charge in [-0.15, -0.1) is 11.3 Å². The van der Waals surface area contributed by atoms with Gasteiger partial charge in [-0.3, -0.25) is 0 Å². The zero-order valence-corrected chi connectivity index (χ0v) is 12.3. The van der Waals surface area contributed by atoms with E-state index in [0.29, 0.717) is 15.6 Å². The Morgan fingerprint density at radius 1 is 1.37 bits per heavy atom. The van der Waals surface area contributed by atoms with E-state index >= 15 is 0 Å².